The summed E-state index contributed by atoms with van der Waals surface area (Å²) in [6.07, 6.45) is 4.02. The number of H-pyrrole nitrogens is 1. The van der Waals surface area contributed by atoms with E-state index in [1.165, 1.54) is 0 Å². The lowest BCUT2D eigenvalue weighted by molar-refractivity contribution is -0.115. The van der Waals surface area contributed by atoms with Gasteiger partial charge in [-0.1, -0.05) is 12.1 Å². The van der Waals surface area contributed by atoms with Crippen LogP contribution in [-0.4, -0.2) is 10.9 Å². The number of aromatic amines is 1. The average molecular weight is 237 g/mol. The summed E-state index contributed by atoms with van der Waals surface area (Å²) in [4.78, 5) is 14.3. The summed E-state index contributed by atoms with van der Waals surface area (Å²) in [5, 5.41) is 12.1. The summed E-state index contributed by atoms with van der Waals surface area (Å²) in [7, 11) is 0. The van der Waals surface area contributed by atoms with E-state index in [1.807, 2.05) is 30.5 Å². The molecule has 4 nitrogen and oxygen atoms in total. The van der Waals surface area contributed by atoms with Crippen LogP contribution in [0.3, 0.4) is 0 Å². The van der Waals surface area contributed by atoms with E-state index in [-0.39, 0.29) is 11.8 Å². The number of anilines is 1. The first-order valence-corrected chi connectivity index (χ1v) is 5.73. The molecule has 1 atom stereocenters. The van der Waals surface area contributed by atoms with Crippen LogP contribution >= 0.6 is 0 Å². The molecular formula is C14H11N3O. The number of nitrogens with zero attached hydrogens (tertiary/aromatic N) is 1. The molecule has 88 valence electrons. The van der Waals surface area contributed by atoms with E-state index in [9.17, 15) is 10.1 Å². The van der Waals surface area contributed by atoms with Crippen LogP contribution in [-0.2, 0) is 11.2 Å². The number of aromatic nitrogens is 1. The fraction of sp³-hybridized carbons (Fsp3) is 0.143. The van der Waals surface area contributed by atoms with Gasteiger partial charge in [0.15, 0.2) is 0 Å². The highest BCUT2D eigenvalue weighted by atomic mass is 16.1. The predicted molar refractivity (Wildman–Crippen MR) is 67.0 cm³/mol. The number of hydrogen-bond acceptors (Lipinski definition) is 2. The van der Waals surface area contributed by atoms with Gasteiger partial charge in [-0.3, -0.25) is 4.79 Å². The van der Waals surface area contributed by atoms with Gasteiger partial charge in [-0.2, -0.15) is 5.26 Å². The van der Waals surface area contributed by atoms with Gasteiger partial charge in [-0.25, -0.2) is 0 Å². The molecule has 0 aliphatic carbocycles. The molecular weight excluding hydrogens is 226 g/mol. The zero-order valence-electron chi connectivity index (χ0n) is 9.60. The van der Waals surface area contributed by atoms with Crippen LogP contribution in [0.1, 0.15) is 22.6 Å². The molecule has 1 amide bonds. The normalized spacial score (nSPS) is 14.7. The molecule has 2 aromatic rings. The molecule has 0 spiro atoms. The molecule has 2 heterocycles. The van der Waals surface area contributed by atoms with Gasteiger partial charge in [-0.15, -0.1) is 0 Å². The van der Waals surface area contributed by atoms with Crippen LogP contribution in [0.15, 0.2) is 36.7 Å². The summed E-state index contributed by atoms with van der Waals surface area (Å²) in [6.45, 7) is 0. The number of nitrogens with one attached hydrogen (secondary N) is 2. The van der Waals surface area contributed by atoms with E-state index < -0.39 is 0 Å². The van der Waals surface area contributed by atoms with Crippen LogP contribution < -0.4 is 5.32 Å². The van der Waals surface area contributed by atoms with Gasteiger partial charge in [0.1, 0.15) is 0 Å². The fourth-order valence-corrected chi connectivity index (χ4v) is 2.29. The Hall–Kier alpha value is -2.54. The van der Waals surface area contributed by atoms with Crippen molar-refractivity contribution < 1.29 is 4.79 Å². The summed E-state index contributed by atoms with van der Waals surface area (Å²) in [5.74, 6) is -0.283. The third-order valence-corrected chi connectivity index (χ3v) is 3.17. The highest BCUT2D eigenvalue weighted by molar-refractivity contribution is 5.99. The Kier molecular flexibility index (Phi) is 2.38. The molecule has 4 heteroatoms. The van der Waals surface area contributed by atoms with Gasteiger partial charge in [-0.05, 0) is 28.8 Å². The predicted octanol–water partition coefficient (Wildman–Crippen LogP) is 2.16. The quantitative estimate of drug-likeness (QED) is 0.840. The maximum Gasteiger partial charge on any atom is 0.228 e. The van der Waals surface area contributed by atoms with Crippen molar-refractivity contribution in [2.45, 2.75) is 12.3 Å². The summed E-state index contributed by atoms with van der Waals surface area (Å²) < 4.78 is 0. The van der Waals surface area contributed by atoms with Crippen LogP contribution in [0, 0.1) is 11.3 Å². The van der Waals surface area contributed by atoms with Crippen LogP contribution in [0.5, 0.6) is 0 Å². The number of amides is 1. The molecule has 1 unspecified atom stereocenters. The van der Waals surface area contributed by atoms with Gasteiger partial charge in [0.05, 0.1) is 18.4 Å². The molecule has 18 heavy (non-hydrogen) atoms. The lowest BCUT2D eigenvalue weighted by Crippen LogP contribution is -2.03. The maximum absolute atomic E-state index is 11.3. The van der Waals surface area contributed by atoms with Crippen molar-refractivity contribution in [3.05, 3.63) is 53.3 Å². The van der Waals surface area contributed by atoms with Gasteiger partial charge in [0.25, 0.3) is 0 Å². The molecule has 1 aliphatic heterocycles. The molecule has 3 rings (SSSR count). The van der Waals surface area contributed by atoms with Crippen LogP contribution in [0.2, 0.25) is 0 Å². The second kappa shape index (κ2) is 4.04. The largest absolute Gasteiger partial charge is 0.367 e. The summed E-state index contributed by atoms with van der Waals surface area (Å²) >= 11 is 0. The summed E-state index contributed by atoms with van der Waals surface area (Å²) in [6, 6.07) is 9.89. The lowest BCUT2D eigenvalue weighted by atomic mass is 9.93. The third kappa shape index (κ3) is 1.66. The average Bonchev–Trinajstić information content (AvgIpc) is 2.97. The zero-order valence-corrected chi connectivity index (χ0v) is 9.60. The minimum Gasteiger partial charge on any atom is -0.367 e. The van der Waals surface area contributed by atoms with E-state index in [0.717, 1.165) is 22.4 Å². The van der Waals surface area contributed by atoms with Crippen molar-refractivity contribution >= 4 is 11.6 Å². The van der Waals surface area contributed by atoms with Gasteiger partial charge in [0.2, 0.25) is 5.91 Å². The Morgan fingerprint density at radius 1 is 1.28 bits per heavy atom. The molecule has 1 aliphatic rings. The Morgan fingerprint density at radius 2 is 2.17 bits per heavy atom. The molecule has 0 fully saturated rings. The van der Waals surface area contributed by atoms with E-state index in [0.29, 0.717) is 6.42 Å². The van der Waals surface area contributed by atoms with Gasteiger partial charge >= 0.3 is 0 Å². The van der Waals surface area contributed by atoms with Crippen molar-refractivity contribution in [1.82, 2.24) is 4.98 Å². The van der Waals surface area contributed by atoms with Crippen molar-refractivity contribution in [1.29, 1.82) is 5.26 Å². The minimum absolute atomic E-state index is 0.0114. The molecule has 2 N–H and O–H groups in total. The van der Waals surface area contributed by atoms with E-state index in [4.69, 9.17) is 0 Å². The lowest BCUT2D eigenvalue weighted by Gasteiger charge is -2.09. The van der Waals surface area contributed by atoms with Crippen LogP contribution in [0.25, 0.3) is 0 Å². The Morgan fingerprint density at radius 3 is 2.89 bits per heavy atom. The van der Waals surface area contributed by atoms with Crippen molar-refractivity contribution in [2.75, 3.05) is 5.32 Å². The molecule has 0 bridgehead atoms. The molecule has 0 saturated heterocycles. The second-order valence-electron chi connectivity index (χ2n) is 4.35. The van der Waals surface area contributed by atoms with Crippen molar-refractivity contribution in [2.24, 2.45) is 0 Å². The SMILES string of the molecule is N#CC(c1cc[nH]c1)c1ccc2c(c1)CC(=O)N2. The number of benzene rings is 1. The van der Waals surface area contributed by atoms with E-state index in [2.05, 4.69) is 16.4 Å². The first-order chi connectivity index (χ1) is 8.78. The second-order valence-corrected chi connectivity index (χ2v) is 4.35. The van der Waals surface area contributed by atoms with Crippen molar-refractivity contribution in [3.63, 3.8) is 0 Å². The molecule has 0 saturated carbocycles. The summed E-state index contributed by atoms with van der Waals surface area (Å²) in [5.41, 5.74) is 3.69. The topological polar surface area (TPSA) is 68.7 Å². The first kappa shape index (κ1) is 10.6. The number of carbonyl (C=O) groups excluding carboxylic acids is 1. The minimum atomic E-state index is -0.294. The van der Waals surface area contributed by atoms with Gasteiger partial charge in [0, 0.05) is 18.1 Å². The molecule has 0 radical (unpaired) electrons. The molecule has 1 aromatic carbocycles. The maximum atomic E-state index is 11.3. The Labute approximate surface area is 104 Å². The van der Waals surface area contributed by atoms with Crippen LogP contribution in [0.4, 0.5) is 5.69 Å². The van der Waals surface area contributed by atoms with E-state index >= 15 is 0 Å². The highest BCUT2D eigenvalue weighted by Crippen LogP contribution is 2.30. The van der Waals surface area contributed by atoms with Gasteiger partial charge < -0.3 is 10.3 Å². The monoisotopic (exact) mass is 237 g/mol. The smallest absolute Gasteiger partial charge is 0.228 e. The zero-order chi connectivity index (χ0) is 12.5. The Balaban J connectivity index is 2.01. The number of nitriles is 1. The van der Waals surface area contributed by atoms with Crippen molar-refractivity contribution in [3.8, 4) is 6.07 Å². The van der Waals surface area contributed by atoms with E-state index in [1.54, 1.807) is 6.20 Å². The first-order valence-electron chi connectivity index (χ1n) is 5.73. The highest BCUT2D eigenvalue weighted by Gasteiger charge is 2.20. The standard InChI is InChI=1S/C14H11N3O/c15-7-12(10-3-4-16-8-10)9-1-2-13-11(5-9)6-14(18)17-13/h1-5,8,12,16H,6H2,(H,17,18). The number of hydrogen-bond donors (Lipinski definition) is 2. The molecule has 1 aromatic heterocycles. The number of carbonyl (C=O) groups is 1. The fourth-order valence-electron chi connectivity index (χ4n) is 2.29. The number of fused-ring (bicyclic) bond motifs is 1. The number of rotatable bonds is 2. The Bertz CT molecular complexity index is 638. The third-order valence-electron chi connectivity index (χ3n) is 3.17.